The monoisotopic (exact) mass is 373 g/mol. The van der Waals surface area contributed by atoms with Gasteiger partial charge in [0.05, 0.1) is 33.0 Å². The summed E-state index contributed by atoms with van der Waals surface area (Å²) in [5, 5.41) is 17.8. The fourth-order valence-electron chi connectivity index (χ4n) is 3.10. The number of morpholine rings is 1. The van der Waals surface area contributed by atoms with Gasteiger partial charge in [-0.05, 0) is 13.0 Å². The van der Waals surface area contributed by atoms with E-state index < -0.39 is 0 Å². The van der Waals surface area contributed by atoms with E-state index in [2.05, 4.69) is 15.3 Å². The molecular formula is C19H27N5O3. The second-order valence-electron chi connectivity index (χ2n) is 6.39. The van der Waals surface area contributed by atoms with Crippen LogP contribution in [0.1, 0.15) is 24.2 Å². The first-order valence-corrected chi connectivity index (χ1v) is 9.10. The van der Waals surface area contributed by atoms with Gasteiger partial charge in [-0.15, -0.1) is 0 Å². The van der Waals surface area contributed by atoms with Crippen molar-refractivity contribution in [3.8, 4) is 11.5 Å². The topological polar surface area (TPSA) is 84.1 Å². The van der Waals surface area contributed by atoms with Crippen molar-refractivity contribution in [2.45, 2.75) is 19.6 Å². The second kappa shape index (κ2) is 8.77. The Morgan fingerprint density at radius 3 is 3.04 bits per heavy atom. The molecule has 8 nitrogen and oxygen atoms in total. The first kappa shape index (κ1) is 19.0. The standard InChI is InChI=1S/C19H27N5O3/c1-4-20-19(21-10-14-6-5-7-16(26-3)18(14)25)24-8-9-27-17(13-24)15-11-22-23(2)12-15/h5-7,11-12,17,25H,4,8-10,13H2,1-3H3,(H,20,21). The summed E-state index contributed by atoms with van der Waals surface area (Å²) in [4.78, 5) is 6.90. The van der Waals surface area contributed by atoms with Crippen molar-refractivity contribution in [3.05, 3.63) is 41.7 Å². The molecule has 0 aliphatic carbocycles. The van der Waals surface area contributed by atoms with E-state index in [1.54, 1.807) is 17.9 Å². The van der Waals surface area contributed by atoms with Gasteiger partial charge in [-0.25, -0.2) is 4.99 Å². The summed E-state index contributed by atoms with van der Waals surface area (Å²) in [7, 11) is 3.44. The molecule has 8 heteroatoms. The molecule has 2 heterocycles. The first-order chi connectivity index (χ1) is 13.1. The fraction of sp³-hybridized carbons (Fsp3) is 0.474. The lowest BCUT2D eigenvalue weighted by Crippen LogP contribution is -2.48. The third kappa shape index (κ3) is 4.51. The Balaban J connectivity index is 1.75. The van der Waals surface area contributed by atoms with Crippen LogP contribution in [-0.4, -0.2) is 59.1 Å². The lowest BCUT2D eigenvalue weighted by molar-refractivity contribution is -0.00805. The zero-order valence-electron chi connectivity index (χ0n) is 16.1. The molecule has 1 saturated heterocycles. The Bertz CT molecular complexity index is 789. The van der Waals surface area contributed by atoms with E-state index in [-0.39, 0.29) is 11.9 Å². The number of aryl methyl sites for hydroxylation is 1. The maximum absolute atomic E-state index is 10.3. The number of nitrogens with one attached hydrogen (secondary N) is 1. The smallest absolute Gasteiger partial charge is 0.194 e. The minimum Gasteiger partial charge on any atom is -0.504 e. The van der Waals surface area contributed by atoms with Gasteiger partial charge in [0.2, 0.25) is 0 Å². The number of benzene rings is 1. The van der Waals surface area contributed by atoms with E-state index >= 15 is 0 Å². The van der Waals surface area contributed by atoms with Gasteiger partial charge in [-0.1, -0.05) is 12.1 Å². The number of nitrogens with zero attached hydrogens (tertiary/aromatic N) is 4. The average Bonchev–Trinajstić information content (AvgIpc) is 3.12. The van der Waals surface area contributed by atoms with E-state index in [0.717, 1.165) is 30.2 Å². The highest BCUT2D eigenvalue weighted by Crippen LogP contribution is 2.30. The molecular weight excluding hydrogens is 346 g/mol. The van der Waals surface area contributed by atoms with Gasteiger partial charge in [-0.2, -0.15) is 5.10 Å². The predicted molar refractivity (Wildman–Crippen MR) is 103 cm³/mol. The molecule has 3 rings (SSSR count). The number of aromatic nitrogens is 2. The summed E-state index contributed by atoms with van der Waals surface area (Å²) >= 11 is 0. The molecule has 1 unspecified atom stereocenters. The molecule has 2 aromatic rings. The van der Waals surface area contributed by atoms with Crippen LogP contribution in [0.2, 0.25) is 0 Å². The summed E-state index contributed by atoms with van der Waals surface area (Å²) in [6.45, 7) is 5.23. The van der Waals surface area contributed by atoms with E-state index in [1.165, 1.54) is 0 Å². The largest absolute Gasteiger partial charge is 0.504 e. The number of aromatic hydroxyl groups is 1. The quantitative estimate of drug-likeness (QED) is 0.613. The van der Waals surface area contributed by atoms with Crippen LogP contribution < -0.4 is 10.1 Å². The predicted octanol–water partition coefficient (Wildman–Crippen LogP) is 1.67. The summed E-state index contributed by atoms with van der Waals surface area (Å²) in [5.41, 5.74) is 1.78. The lowest BCUT2D eigenvalue weighted by Gasteiger charge is -2.34. The van der Waals surface area contributed by atoms with Crippen LogP contribution in [0.15, 0.2) is 35.6 Å². The van der Waals surface area contributed by atoms with E-state index in [0.29, 0.717) is 25.4 Å². The number of hydrogen-bond donors (Lipinski definition) is 2. The molecule has 0 bridgehead atoms. The van der Waals surface area contributed by atoms with E-state index in [9.17, 15) is 5.11 Å². The van der Waals surface area contributed by atoms with Crippen molar-refractivity contribution < 1.29 is 14.6 Å². The van der Waals surface area contributed by atoms with Crippen molar-refractivity contribution >= 4 is 5.96 Å². The molecule has 146 valence electrons. The molecule has 0 amide bonds. The number of ether oxygens (including phenoxy) is 2. The van der Waals surface area contributed by atoms with Crippen LogP contribution in [0.5, 0.6) is 11.5 Å². The maximum atomic E-state index is 10.3. The van der Waals surface area contributed by atoms with Gasteiger partial charge >= 0.3 is 0 Å². The van der Waals surface area contributed by atoms with E-state index in [1.807, 2.05) is 38.5 Å². The summed E-state index contributed by atoms with van der Waals surface area (Å²) in [6, 6.07) is 5.43. The fourth-order valence-corrected chi connectivity index (χ4v) is 3.10. The highest BCUT2D eigenvalue weighted by atomic mass is 16.5. The van der Waals surface area contributed by atoms with Gasteiger partial charge < -0.3 is 24.8 Å². The summed E-state index contributed by atoms with van der Waals surface area (Å²) < 4.78 is 12.9. The molecule has 1 aromatic carbocycles. The van der Waals surface area contributed by atoms with Crippen LogP contribution >= 0.6 is 0 Å². The zero-order chi connectivity index (χ0) is 19.2. The highest BCUT2D eigenvalue weighted by molar-refractivity contribution is 5.80. The van der Waals surface area contributed by atoms with Gasteiger partial charge in [0.25, 0.3) is 0 Å². The average molecular weight is 373 g/mol. The van der Waals surface area contributed by atoms with Crippen LogP contribution in [0.3, 0.4) is 0 Å². The third-order valence-corrected chi connectivity index (χ3v) is 4.50. The molecule has 2 N–H and O–H groups in total. The third-order valence-electron chi connectivity index (χ3n) is 4.50. The molecule has 27 heavy (non-hydrogen) atoms. The normalized spacial score (nSPS) is 17.8. The number of rotatable bonds is 5. The Hall–Kier alpha value is -2.74. The number of phenolic OH excluding ortho intramolecular Hbond substituents is 1. The number of phenols is 1. The Morgan fingerprint density at radius 2 is 2.33 bits per heavy atom. The minimum absolute atomic E-state index is 0.0403. The maximum Gasteiger partial charge on any atom is 0.194 e. The zero-order valence-corrected chi connectivity index (χ0v) is 16.1. The van der Waals surface area contributed by atoms with Crippen molar-refractivity contribution in [1.29, 1.82) is 0 Å². The summed E-state index contributed by atoms with van der Waals surface area (Å²) in [6.07, 6.45) is 3.78. The number of aliphatic imine (C=N–C) groups is 1. The second-order valence-corrected chi connectivity index (χ2v) is 6.39. The van der Waals surface area contributed by atoms with Gasteiger partial charge in [0.1, 0.15) is 6.10 Å². The molecule has 0 saturated carbocycles. The molecule has 1 aliphatic rings. The molecule has 0 radical (unpaired) electrons. The highest BCUT2D eigenvalue weighted by Gasteiger charge is 2.25. The van der Waals surface area contributed by atoms with Gasteiger partial charge in [0, 0.05) is 37.5 Å². The van der Waals surface area contributed by atoms with Crippen molar-refractivity contribution in [2.75, 3.05) is 33.4 Å². The Labute approximate surface area is 159 Å². The van der Waals surface area contributed by atoms with E-state index in [4.69, 9.17) is 14.5 Å². The van der Waals surface area contributed by atoms with Crippen molar-refractivity contribution in [2.24, 2.45) is 12.0 Å². The molecule has 1 aromatic heterocycles. The van der Waals surface area contributed by atoms with Gasteiger partial charge in [0.15, 0.2) is 17.5 Å². The van der Waals surface area contributed by atoms with Crippen molar-refractivity contribution in [1.82, 2.24) is 20.0 Å². The van der Waals surface area contributed by atoms with Crippen LogP contribution in [0, 0.1) is 0 Å². The summed E-state index contributed by atoms with van der Waals surface area (Å²) in [5.74, 6) is 1.39. The Kier molecular flexibility index (Phi) is 6.18. The number of methoxy groups -OCH3 is 1. The first-order valence-electron chi connectivity index (χ1n) is 9.10. The number of guanidine groups is 1. The minimum atomic E-state index is -0.0403. The molecule has 1 atom stereocenters. The van der Waals surface area contributed by atoms with Crippen LogP contribution in [0.25, 0.3) is 0 Å². The van der Waals surface area contributed by atoms with Crippen LogP contribution in [0.4, 0.5) is 0 Å². The van der Waals surface area contributed by atoms with Crippen LogP contribution in [-0.2, 0) is 18.3 Å². The molecule has 0 spiro atoms. The number of para-hydroxylation sites is 1. The molecule has 1 aliphatic heterocycles. The SMILES string of the molecule is CCNC(=NCc1cccc(OC)c1O)N1CCOC(c2cnn(C)c2)C1. The van der Waals surface area contributed by atoms with Gasteiger partial charge in [-0.3, -0.25) is 4.68 Å². The molecule has 1 fully saturated rings. The van der Waals surface area contributed by atoms with Crippen molar-refractivity contribution in [3.63, 3.8) is 0 Å². The Morgan fingerprint density at radius 1 is 1.48 bits per heavy atom. The number of hydrogen-bond acceptors (Lipinski definition) is 5. The lowest BCUT2D eigenvalue weighted by atomic mass is 10.1.